The van der Waals surface area contributed by atoms with Gasteiger partial charge in [0.05, 0.1) is 77.4 Å². The first-order valence-corrected chi connectivity index (χ1v) is 25.1. The average molecular weight is 1140 g/mol. The van der Waals surface area contributed by atoms with Gasteiger partial charge in [-0.1, -0.05) is 28.7 Å². The van der Waals surface area contributed by atoms with E-state index in [9.17, 15) is 45.3 Å². The third kappa shape index (κ3) is 21.0. The van der Waals surface area contributed by atoms with E-state index >= 15 is 0 Å². The SMILES string of the molecule is C.C.CCc1cnc(C)c(O)c1C.CCc1cnc(C)c(O)c1C=O.Cc1cnc(C)c(O)c1C=O.Cc1cnc(C)c(O)c1CN.Cc1cnc(C)c(O)c1CO.Cc1ncc(CO)c(CN)c1O.Cc1ncc(CO)c(CO)c1O. The molecule has 0 aromatic carbocycles. The number of aryl methyl sites for hydroxylation is 12. The number of hydrogen-bond acceptors (Lipinski definition) is 22. The van der Waals surface area contributed by atoms with Crippen LogP contribution in [0, 0.1) is 76.2 Å². The number of aliphatic hydroxyl groups is 4. The van der Waals surface area contributed by atoms with E-state index in [2.05, 4.69) is 41.8 Å². The number of pyridine rings is 7. The minimum atomic E-state index is -0.287. The molecule has 0 saturated heterocycles. The van der Waals surface area contributed by atoms with Gasteiger partial charge in [0, 0.05) is 89.8 Å². The molecule has 22 heteroatoms. The lowest BCUT2D eigenvalue weighted by Crippen LogP contribution is -2.04. The monoisotopic (exact) mass is 1140 g/mol. The Bertz CT molecular complexity index is 3040. The maximum Gasteiger partial charge on any atom is 0.154 e. The fourth-order valence-corrected chi connectivity index (χ4v) is 7.01. The largest absolute Gasteiger partial charge is 0.506 e. The Morgan fingerprint density at radius 1 is 0.354 bits per heavy atom. The highest BCUT2D eigenvalue weighted by Gasteiger charge is 2.13. The van der Waals surface area contributed by atoms with Crippen molar-refractivity contribution in [2.45, 2.75) is 157 Å². The number of carbonyl (C=O) groups is 2. The molecular formula is C60H87N9O13. The third-order valence-electron chi connectivity index (χ3n) is 12.5. The molecule has 0 radical (unpaired) electrons. The van der Waals surface area contributed by atoms with Crippen LogP contribution in [-0.2, 0) is 52.4 Å². The minimum Gasteiger partial charge on any atom is -0.506 e. The van der Waals surface area contributed by atoms with Crippen molar-refractivity contribution >= 4 is 12.6 Å². The van der Waals surface area contributed by atoms with E-state index in [0.717, 1.165) is 39.8 Å². The molecule has 0 amide bonds. The van der Waals surface area contributed by atoms with Crippen LogP contribution < -0.4 is 11.5 Å². The summed E-state index contributed by atoms with van der Waals surface area (Å²) in [4.78, 5) is 48.5. The first kappa shape index (κ1) is 75.8. The number of nitrogens with two attached hydrogens (primary N) is 2. The van der Waals surface area contributed by atoms with Gasteiger partial charge in [-0.25, -0.2) is 0 Å². The van der Waals surface area contributed by atoms with E-state index in [-0.39, 0.29) is 82.3 Å². The van der Waals surface area contributed by atoms with Crippen molar-refractivity contribution in [3.63, 3.8) is 0 Å². The highest BCUT2D eigenvalue weighted by Crippen LogP contribution is 2.27. The molecule has 0 saturated carbocycles. The Kier molecular flexibility index (Phi) is 34.8. The molecule has 0 atom stereocenters. The van der Waals surface area contributed by atoms with Crippen molar-refractivity contribution in [3.05, 3.63) is 161 Å². The van der Waals surface area contributed by atoms with Crippen molar-refractivity contribution in [2.24, 2.45) is 11.5 Å². The highest BCUT2D eigenvalue weighted by atomic mass is 16.3. The van der Waals surface area contributed by atoms with Crippen LogP contribution in [0.25, 0.3) is 0 Å². The second-order valence-corrected chi connectivity index (χ2v) is 17.8. The summed E-state index contributed by atoms with van der Waals surface area (Å²) in [6.45, 7) is 23.0. The summed E-state index contributed by atoms with van der Waals surface area (Å²) in [7, 11) is 0. The van der Waals surface area contributed by atoms with Crippen molar-refractivity contribution in [1.29, 1.82) is 0 Å². The predicted octanol–water partition coefficient (Wildman–Crippen LogP) is 7.81. The molecule has 82 heavy (non-hydrogen) atoms. The van der Waals surface area contributed by atoms with Gasteiger partial charge in [-0.05, 0) is 122 Å². The normalized spacial score (nSPS) is 9.79. The lowest BCUT2D eigenvalue weighted by molar-refractivity contribution is 0.111. The van der Waals surface area contributed by atoms with Crippen LogP contribution in [-0.4, -0.2) is 104 Å². The quantitative estimate of drug-likeness (QED) is 0.0580. The molecule has 7 heterocycles. The summed E-state index contributed by atoms with van der Waals surface area (Å²) in [5.74, 6) is 0.710. The Hall–Kier alpha value is -8.25. The van der Waals surface area contributed by atoms with Crippen LogP contribution in [0.4, 0.5) is 0 Å². The van der Waals surface area contributed by atoms with E-state index in [4.69, 9.17) is 31.9 Å². The molecule has 7 aromatic rings. The fourth-order valence-electron chi connectivity index (χ4n) is 7.01. The zero-order valence-electron chi connectivity index (χ0n) is 47.9. The lowest BCUT2D eigenvalue weighted by atomic mass is 10.1. The molecule has 15 N–H and O–H groups in total. The standard InChI is InChI=1S/C9H11NO2.C9H13NO.C8H12N2O2.C8H12N2O.C8H11NO3.C8H11NO2.C8H9NO2.2CH4/c1-3-7-4-10-6(2)9(12)8(7)5-11;1-4-8-5-10-7(3)9(11)6(8)2;1-5-8(12)7(2-9)6(4-11)3-10-5;1-5-4-10-6(2)8(11)7(5)3-9;1-5-8(12)7(4-11)6(3-10)2-9-5;2*1-5-3-9-6(2)8(11)7(5)4-10;;/h4-5,12H,3H2,1-2H3;5,11H,4H2,1-3H3;3,11-12H,2,4,9H2,1H3;4,11H,3,9H2,1-2H3;2,10-12H,3-4H2,1H3;3,10-11H,4H2,1-2H3;3-4,11H,1-2H3;2*1H4. The van der Waals surface area contributed by atoms with Crippen LogP contribution in [0.1, 0.15) is 156 Å². The summed E-state index contributed by atoms with van der Waals surface area (Å²) in [6, 6.07) is 0. The van der Waals surface area contributed by atoms with Crippen LogP contribution in [0.2, 0.25) is 0 Å². The Morgan fingerprint density at radius 3 is 0.988 bits per heavy atom. The van der Waals surface area contributed by atoms with Gasteiger partial charge in [0.15, 0.2) is 12.6 Å². The maximum atomic E-state index is 10.6. The highest BCUT2D eigenvalue weighted by molar-refractivity contribution is 5.82. The van der Waals surface area contributed by atoms with Crippen LogP contribution in [0.15, 0.2) is 43.4 Å². The Labute approximate surface area is 481 Å². The van der Waals surface area contributed by atoms with Gasteiger partial charge in [-0.2, -0.15) is 0 Å². The molecule has 0 aliphatic carbocycles. The van der Waals surface area contributed by atoms with Crippen molar-refractivity contribution in [3.8, 4) is 40.2 Å². The van der Waals surface area contributed by atoms with E-state index in [0.29, 0.717) is 116 Å². The number of aromatic nitrogens is 7. The van der Waals surface area contributed by atoms with Crippen molar-refractivity contribution in [1.82, 2.24) is 34.9 Å². The number of carbonyl (C=O) groups excluding carboxylic acids is 2. The zero-order valence-corrected chi connectivity index (χ0v) is 47.9. The fraction of sp³-hybridized carbons (Fsp3) is 0.383. The molecule has 450 valence electrons. The van der Waals surface area contributed by atoms with E-state index in [1.807, 2.05) is 33.9 Å². The van der Waals surface area contributed by atoms with Crippen LogP contribution in [0.3, 0.4) is 0 Å². The number of hydrogen-bond donors (Lipinski definition) is 13. The van der Waals surface area contributed by atoms with Crippen LogP contribution >= 0.6 is 0 Å². The van der Waals surface area contributed by atoms with Gasteiger partial charge >= 0.3 is 0 Å². The summed E-state index contributed by atoms with van der Waals surface area (Å²) in [5.41, 5.74) is 24.0. The van der Waals surface area contributed by atoms with E-state index < -0.39 is 0 Å². The van der Waals surface area contributed by atoms with Crippen molar-refractivity contribution < 1.29 is 65.8 Å². The van der Waals surface area contributed by atoms with Crippen LogP contribution in [0.5, 0.6) is 40.2 Å². The van der Waals surface area contributed by atoms with E-state index in [1.54, 1.807) is 80.2 Å². The van der Waals surface area contributed by atoms with Gasteiger partial charge < -0.3 is 67.6 Å². The van der Waals surface area contributed by atoms with Gasteiger partial charge in [-0.15, -0.1) is 0 Å². The third-order valence-corrected chi connectivity index (χ3v) is 12.5. The number of aromatic hydroxyl groups is 7. The molecular weight excluding hydrogens is 1050 g/mol. The summed E-state index contributed by atoms with van der Waals surface area (Å²) in [6.07, 6.45) is 14.3. The molecule has 0 spiro atoms. The molecule has 0 fully saturated rings. The number of aldehydes is 2. The lowest BCUT2D eigenvalue weighted by Gasteiger charge is -2.08. The molecule has 0 aliphatic heterocycles. The van der Waals surface area contributed by atoms with E-state index in [1.165, 1.54) is 12.4 Å². The topological polar surface area (TPSA) is 399 Å². The second-order valence-electron chi connectivity index (χ2n) is 17.8. The summed E-state index contributed by atoms with van der Waals surface area (Å²) in [5, 5.41) is 101. The molecule has 7 rings (SSSR count). The van der Waals surface area contributed by atoms with Gasteiger partial charge in [0.25, 0.3) is 0 Å². The molecule has 22 nitrogen and oxygen atoms in total. The molecule has 0 aliphatic rings. The molecule has 0 bridgehead atoms. The Morgan fingerprint density at radius 2 is 0.646 bits per heavy atom. The average Bonchev–Trinajstić information content (AvgIpc) is 3.49. The van der Waals surface area contributed by atoms with Gasteiger partial charge in [0.1, 0.15) is 40.2 Å². The first-order valence-electron chi connectivity index (χ1n) is 25.1. The number of aliphatic hydroxyl groups excluding tert-OH is 4. The van der Waals surface area contributed by atoms with Gasteiger partial charge in [0.2, 0.25) is 0 Å². The number of rotatable bonds is 10. The maximum absolute atomic E-state index is 10.6. The minimum absolute atomic E-state index is 0. The zero-order chi connectivity index (χ0) is 61.1. The Balaban J connectivity index is 0. The summed E-state index contributed by atoms with van der Waals surface area (Å²) < 4.78 is 0. The van der Waals surface area contributed by atoms with Gasteiger partial charge in [-0.3, -0.25) is 44.5 Å². The second kappa shape index (κ2) is 37.6. The molecule has 0 unspecified atom stereocenters. The first-order chi connectivity index (χ1) is 37.8. The number of nitrogens with zero attached hydrogens (tertiary/aromatic N) is 7. The smallest absolute Gasteiger partial charge is 0.154 e. The summed E-state index contributed by atoms with van der Waals surface area (Å²) >= 11 is 0. The predicted molar refractivity (Wildman–Crippen MR) is 316 cm³/mol. The molecule has 7 aromatic heterocycles. The van der Waals surface area contributed by atoms with Crippen molar-refractivity contribution in [2.75, 3.05) is 0 Å².